The second kappa shape index (κ2) is 14.0. The van der Waals surface area contributed by atoms with Crippen LogP contribution in [0.2, 0.25) is 0 Å². The highest BCUT2D eigenvalue weighted by Gasteiger charge is 2.23. The molecule has 3 aromatic rings. The summed E-state index contributed by atoms with van der Waals surface area (Å²) >= 11 is 0. The van der Waals surface area contributed by atoms with E-state index in [-0.39, 0.29) is 21.4 Å². The van der Waals surface area contributed by atoms with Crippen LogP contribution in [0.4, 0.5) is 8.78 Å². The number of nitrogens with zero attached hydrogens (tertiary/aromatic N) is 1. The van der Waals surface area contributed by atoms with Crippen molar-refractivity contribution in [1.82, 2.24) is 9.29 Å². The van der Waals surface area contributed by atoms with Gasteiger partial charge in [-0.2, -0.15) is 0 Å². The molecular weight excluding hydrogens is 430 g/mol. The molecular formula is C25H36F2N2O2S. The molecule has 1 N–H and O–H groups in total. The van der Waals surface area contributed by atoms with Gasteiger partial charge in [-0.25, -0.2) is 21.2 Å². The molecule has 0 unspecified atom stereocenters. The Balaban J connectivity index is 0.000000390. The summed E-state index contributed by atoms with van der Waals surface area (Å²) in [6.07, 6.45) is 1.01. The van der Waals surface area contributed by atoms with E-state index in [4.69, 9.17) is 0 Å². The second-order valence-electron chi connectivity index (χ2n) is 6.95. The first-order chi connectivity index (χ1) is 15.4. The summed E-state index contributed by atoms with van der Waals surface area (Å²) in [7, 11) is -3.89. The van der Waals surface area contributed by atoms with Crippen molar-refractivity contribution in [3.63, 3.8) is 0 Å². The minimum absolute atomic E-state index is 0.0616. The number of rotatable bonds is 3. The Hall–Kier alpha value is -2.25. The van der Waals surface area contributed by atoms with Gasteiger partial charge in [-0.05, 0) is 50.0 Å². The highest BCUT2D eigenvalue weighted by molar-refractivity contribution is 7.90. The summed E-state index contributed by atoms with van der Waals surface area (Å²) in [6, 6.07) is 14.0. The molecule has 1 aliphatic heterocycles. The zero-order chi connectivity index (χ0) is 24.1. The number of para-hydroxylation sites is 1. The molecule has 1 aromatic heterocycles. The third-order valence-electron chi connectivity index (χ3n) is 4.87. The van der Waals surface area contributed by atoms with Crippen LogP contribution >= 0.6 is 0 Å². The van der Waals surface area contributed by atoms with Gasteiger partial charge in [0.2, 0.25) is 0 Å². The summed E-state index contributed by atoms with van der Waals surface area (Å²) < 4.78 is 52.3. The summed E-state index contributed by atoms with van der Waals surface area (Å²) in [5, 5.41) is 3.56. The van der Waals surface area contributed by atoms with Crippen molar-refractivity contribution >= 4 is 20.9 Å². The molecule has 4 rings (SSSR count). The highest BCUT2D eigenvalue weighted by atomic mass is 32.2. The Kier molecular flexibility index (Phi) is 12.2. The smallest absolute Gasteiger partial charge is 0.268 e. The summed E-state index contributed by atoms with van der Waals surface area (Å²) in [6.45, 7) is 12.8. The van der Waals surface area contributed by atoms with E-state index in [0.29, 0.717) is 0 Å². The van der Waals surface area contributed by atoms with Gasteiger partial charge < -0.3 is 5.32 Å². The minimum Gasteiger partial charge on any atom is -0.317 e. The van der Waals surface area contributed by atoms with Gasteiger partial charge in [0.1, 0.15) is 0 Å². The van der Waals surface area contributed by atoms with Crippen LogP contribution in [0, 0.1) is 5.92 Å². The molecule has 7 heteroatoms. The molecule has 1 fully saturated rings. The number of piperidine rings is 1. The number of benzene rings is 2. The normalized spacial score (nSPS) is 13.9. The van der Waals surface area contributed by atoms with E-state index in [0.717, 1.165) is 16.1 Å². The van der Waals surface area contributed by atoms with Crippen LogP contribution < -0.4 is 5.32 Å². The molecule has 0 amide bonds. The van der Waals surface area contributed by atoms with Crippen LogP contribution in [0.1, 0.15) is 59.4 Å². The average molecular weight is 467 g/mol. The number of hydrogen-bond acceptors (Lipinski definition) is 3. The standard InChI is InChI=1S/C15H11F2NO2S.C6H13N.2C2H6/c16-15(17)13-10-18(14-9-5-4-8-12(13)14)21(19,20)11-6-2-1-3-7-11;1-6-2-4-7-5-3-6;2*1-2/h1-10,15H;6-7H,2-5H2,1H3;2*1-2H3. The number of hydrogen-bond donors (Lipinski definition) is 1. The number of nitrogens with one attached hydrogen (secondary N) is 1. The Bertz CT molecular complexity index is 1010. The fourth-order valence-electron chi connectivity index (χ4n) is 3.22. The Morgan fingerprint density at radius 1 is 0.906 bits per heavy atom. The van der Waals surface area contributed by atoms with Crippen molar-refractivity contribution in [2.75, 3.05) is 13.1 Å². The van der Waals surface area contributed by atoms with Gasteiger partial charge in [0.15, 0.2) is 0 Å². The van der Waals surface area contributed by atoms with E-state index in [1.165, 1.54) is 50.2 Å². The van der Waals surface area contributed by atoms with E-state index in [1.54, 1.807) is 30.3 Å². The van der Waals surface area contributed by atoms with Crippen LogP contribution in [0.15, 0.2) is 65.7 Å². The van der Waals surface area contributed by atoms with Crippen LogP contribution in [-0.4, -0.2) is 25.5 Å². The van der Waals surface area contributed by atoms with Crippen molar-refractivity contribution in [3.8, 4) is 0 Å². The summed E-state index contributed by atoms with van der Waals surface area (Å²) in [4.78, 5) is 0.0616. The molecule has 2 heterocycles. The van der Waals surface area contributed by atoms with E-state index in [2.05, 4.69) is 12.2 Å². The Morgan fingerprint density at radius 3 is 1.94 bits per heavy atom. The minimum atomic E-state index is -3.89. The zero-order valence-electron chi connectivity index (χ0n) is 19.7. The predicted octanol–water partition coefficient (Wildman–Crippen LogP) is 6.87. The topological polar surface area (TPSA) is 51.1 Å². The lowest BCUT2D eigenvalue weighted by Crippen LogP contribution is -2.26. The van der Waals surface area contributed by atoms with Crippen LogP contribution in [0.25, 0.3) is 10.9 Å². The molecule has 32 heavy (non-hydrogen) atoms. The van der Waals surface area contributed by atoms with Crippen molar-refractivity contribution in [2.24, 2.45) is 5.92 Å². The number of aromatic nitrogens is 1. The quantitative estimate of drug-likeness (QED) is 0.458. The van der Waals surface area contributed by atoms with Gasteiger partial charge in [0.05, 0.1) is 10.4 Å². The van der Waals surface area contributed by atoms with Crippen LogP contribution in [0.3, 0.4) is 0 Å². The molecule has 4 nitrogen and oxygen atoms in total. The molecule has 0 atom stereocenters. The summed E-state index contributed by atoms with van der Waals surface area (Å²) in [5.41, 5.74) is -0.0400. The van der Waals surface area contributed by atoms with Gasteiger partial charge in [0.25, 0.3) is 16.4 Å². The third-order valence-corrected chi connectivity index (χ3v) is 6.56. The first-order valence-electron chi connectivity index (χ1n) is 11.3. The maximum Gasteiger partial charge on any atom is 0.268 e. The molecule has 178 valence electrons. The first kappa shape index (κ1) is 27.8. The third kappa shape index (κ3) is 7.14. The number of alkyl halides is 2. The van der Waals surface area contributed by atoms with Gasteiger partial charge >= 0.3 is 0 Å². The lowest BCUT2D eigenvalue weighted by Gasteiger charge is -2.17. The maximum absolute atomic E-state index is 13.1. The Labute approximate surface area is 191 Å². The van der Waals surface area contributed by atoms with Gasteiger partial charge in [0, 0.05) is 17.1 Å². The van der Waals surface area contributed by atoms with E-state index < -0.39 is 16.4 Å². The average Bonchev–Trinajstić information content (AvgIpc) is 3.24. The van der Waals surface area contributed by atoms with Gasteiger partial charge in [-0.3, -0.25) is 0 Å². The SMILES string of the molecule is CC.CC.CC1CCNCC1.O=S(=O)(c1ccccc1)n1cc(C(F)F)c2ccccc21. The number of halogens is 2. The lowest BCUT2D eigenvalue weighted by molar-refractivity contribution is 0.153. The zero-order valence-corrected chi connectivity index (χ0v) is 20.5. The van der Waals surface area contributed by atoms with Crippen molar-refractivity contribution in [3.05, 3.63) is 66.4 Å². The molecule has 0 bridgehead atoms. The number of fused-ring (bicyclic) bond motifs is 1. The Morgan fingerprint density at radius 2 is 1.44 bits per heavy atom. The van der Waals surface area contributed by atoms with Crippen molar-refractivity contribution < 1.29 is 17.2 Å². The molecule has 0 spiro atoms. The molecule has 0 saturated carbocycles. The molecule has 0 aliphatic carbocycles. The predicted molar refractivity (Wildman–Crippen MR) is 130 cm³/mol. The van der Waals surface area contributed by atoms with E-state index in [9.17, 15) is 17.2 Å². The molecule has 1 saturated heterocycles. The fourth-order valence-corrected chi connectivity index (χ4v) is 4.62. The lowest BCUT2D eigenvalue weighted by atomic mass is 10.0. The largest absolute Gasteiger partial charge is 0.317 e. The summed E-state index contributed by atoms with van der Waals surface area (Å²) in [5.74, 6) is 0.973. The van der Waals surface area contributed by atoms with Gasteiger partial charge in [-0.15, -0.1) is 0 Å². The van der Waals surface area contributed by atoms with Crippen LogP contribution in [0.5, 0.6) is 0 Å². The molecule has 1 aliphatic rings. The fraction of sp³-hybridized carbons (Fsp3) is 0.440. The van der Waals surface area contributed by atoms with E-state index in [1.807, 2.05) is 27.7 Å². The van der Waals surface area contributed by atoms with Crippen molar-refractivity contribution in [1.29, 1.82) is 0 Å². The monoisotopic (exact) mass is 466 g/mol. The highest BCUT2D eigenvalue weighted by Crippen LogP contribution is 2.31. The van der Waals surface area contributed by atoms with Crippen LogP contribution in [-0.2, 0) is 10.0 Å². The van der Waals surface area contributed by atoms with E-state index >= 15 is 0 Å². The first-order valence-corrected chi connectivity index (χ1v) is 12.7. The van der Waals surface area contributed by atoms with Crippen molar-refractivity contribution in [2.45, 2.75) is 58.8 Å². The van der Waals surface area contributed by atoms with Gasteiger partial charge in [-0.1, -0.05) is 71.0 Å². The molecule has 0 radical (unpaired) electrons. The maximum atomic E-state index is 13.1. The second-order valence-corrected chi connectivity index (χ2v) is 8.76. The molecule has 2 aromatic carbocycles.